The van der Waals surface area contributed by atoms with Crippen LogP contribution in [0.3, 0.4) is 0 Å². The molecule has 0 amide bonds. The highest BCUT2D eigenvalue weighted by Crippen LogP contribution is 2.38. The number of amidine groups is 1. The van der Waals surface area contributed by atoms with E-state index in [0.717, 1.165) is 54.3 Å². The van der Waals surface area contributed by atoms with E-state index < -0.39 is 0 Å². The zero-order chi connectivity index (χ0) is 23.3. The Bertz CT molecular complexity index is 1090. The molecule has 6 heteroatoms. The van der Waals surface area contributed by atoms with Gasteiger partial charge in [-0.3, -0.25) is 4.99 Å². The third kappa shape index (κ3) is 5.28. The lowest BCUT2D eigenvalue weighted by Gasteiger charge is -2.33. The van der Waals surface area contributed by atoms with Gasteiger partial charge in [0.15, 0.2) is 0 Å². The van der Waals surface area contributed by atoms with Gasteiger partial charge in [-0.1, -0.05) is 60.7 Å². The van der Waals surface area contributed by atoms with Crippen LogP contribution in [0.2, 0.25) is 0 Å². The van der Waals surface area contributed by atoms with Crippen LogP contribution >= 0.6 is 0 Å². The fourth-order valence-corrected chi connectivity index (χ4v) is 4.61. The summed E-state index contributed by atoms with van der Waals surface area (Å²) in [6.07, 6.45) is 10.2. The summed E-state index contributed by atoms with van der Waals surface area (Å²) in [6, 6.07) is 20.3. The molecular weight excluding hydrogens is 420 g/mol. The van der Waals surface area contributed by atoms with Gasteiger partial charge in [0.25, 0.3) is 0 Å². The van der Waals surface area contributed by atoms with Crippen molar-refractivity contribution in [2.45, 2.75) is 37.6 Å². The van der Waals surface area contributed by atoms with E-state index in [1.807, 2.05) is 54.9 Å². The molecule has 174 valence electrons. The van der Waals surface area contributed by atoms with Crippen molar-refractivity contribution in [3.63, 3.8) is 0 Å². The highest BCUT2D eigenvalue weighted by Gasteiger charge is 2.27. The maximum Gasteiger partial charge on any atom is 0.131 e. The van der Waals surface area contributed by atoms with E-state index in [9.17, 15) is 0 Å². The van der Waals surface area contributed by atoms with E-state index in [1.54, 1.807) is 0 Å². The topological polar surface area (TPSA) is 93.4 Å². The molecule has 0 unspecified atom stereocenters. The third-order valence-electron chi connectivity index (χ3n) is 6.76. The minimum absolute atomic E-state index is 0.160. The SMILES string of the molecule is NC(=CC(N)=NC(c1ccccc1)c1ccccc1)C1CCN(c2cnc(C3CC3)nc2)CC1. The molecule has 0 atom stereocenters. The number of allylic oxidation sites excluding steroid dienone is 1. The van der Waals surface area contributed by atoms with Gasteiger partial charge in [0.1, 0.15) is 17.7 Å². The molecule has 0 radical (unpaired) electrons. The van der Waals surface area contributed by atoms with Crippen LogP contribution in [-0.4, -0.2) is 28.9 Å². The van der Waals surface area contributed by atoms with Gasteiger partial charge in [0.05, 0.1) is 18.1 Å². The van der Waals surface area contributed by atoms with Gasteiger partial charge in [0.2, 0.25) is 0 Å². The van der Waals surface area contributed by atoms with Gasteiger partial charge in [-0.05, 0) is 42.9 Å². The fourth-order valence-electron chi connectivity index (χ4n) is 4.61. The number of nitrogens with two attached hydrogens (primary N) is 2. The normalized spacial score (nSPS) is 17.9. The summed E-state index contributed by atoms with van der Waals surface area (Å²) < 4.78 is 0. The first-order chi connectivity index (χ1) is 16.7. The van der Waals surface area contributed by atoms with Crippen molar-refractivity contribution in [1.82, 2.24) is 9.97 Å². The molecule has 3 aromatic rings. The lowest BCUT2D eigenvalue weighted by atomic mass is 9.93. The molecule has 0 spiro atoms. The summed E-state index contributed by atoms with van der Waals surface area (Å²) in [5.41, 5.74) is 17.0. The van der Waals surface area contributed by atoms with Gasteiger partial charge in [-0.15, -0.1) is 0 Å². The van der Waals surface area contributed by atoms with Crippen molar-refractivity contribution in [3.05, 3.63) is 102 Å². The fraction of sp³-hybridized carbons (Fsp3) is 0.321. The van der Waals surface area contributed by atoms with E-state index in [2.05, 4.69) is 39.1 Å². The lowest BCUT2D eigenvalue weighted by Crippen LogP contribution is -2.35. The number of anilines is 1. The van der Waals surface area contributed by atoms with Gasteiger partial charge in [-0.2, -0.15) is 0 Å². The number of benzene rings is 2. The predicted molar refractivity (Wildman–Crippen MR) is 138 cm³/mol. The second-order valence-corrected chi connectivity index (χ2v) is 9.26. The van der Waals surface area contributed by atoms with E-state index in [1.165, 1.54) is 12.8 Å². The molecule has 0 bridgehead atoms. The summed E-state index contributed by atoms with van der Waals surface area (Å²) in [7, 11) is 0. The smallest absolute Gasteiger partial charge is 0.131 e. The number of hydrogen-bond donors (Lipinski definition) is 2. The highest BCUT2D eigenvalue weighted by molar-refractivity contribution is 5.92. The molecule has 1 saturated heterocycles. The summed E-state index contributed by atoms with van der Waals surface area (Å²) >= 11 is 0. The molecule has 34 heavy (non-hydrogen) atoms. The van der Waals surface area contributed by atoms with Crippen LogP contribution in [0.15, 0.2) is 89.8 Å². The largest absolute Gasteiger partial charge is 0.402 e. The number of piperidine rings is 1. The van der Waals surface area contributed by atoms with E-state index in [0.29, 0.717) is 17.7 Å². The Morgan fingerprint density at radius 2 is 1.41 bits per heavy atom. The molecular formula is C28H32N6. The third-order valence-corrected chi connectivity index (χ3v) is 6.76. The zero-order valence-electron chi connectivity index (χ0n) is 19.4. The van der Waals surface area contributed by atoms with Crippen LogP contribution in [0.5, 0.6) is 0 Å². The van der Waals surface area contributed by atoms with Gasteiger partial charge >= 0.3 is 0 Å². The molecule has 1 aromatic heterocycles. The Morgan fingerprint density at radius 3 is 1.94 bits per heavy atom. The van der Waals surface area contributed by atoms with Crippen LogP contribution in [0.4, 0.5) is 5.69 Å². The molecule has 6 nitrogen and oxygen atoms in total. The van der Waals surface area contributed by atoms with Crippen molar-refractivity contribution in [1.29, 1.82) is 0 Å². The van der Waals surface area contributed by atoms with Crippen LogP contribution in [0.1, 0.15) is 54.6 Å². The molecule has 1 saturated carbocycles. The van der Waals surface area contributed by atoms with Crippen molar-refractivity contribution < 1.29 is 0 Å². The average Bonchev–Trinajstić information content (AvgIpc) is 3.74. The number of hydrogen-bond acceptors (Lipinski definition) is 5. The molecule has 1 aliphatic carbocycles. The Hall–Kier alpha value is -3.67. The predicted octanol–water partition coefficient (Wildman–Crippen LogP) is 4.56. The number of aromatic nitrogens is 2. The van der Waals surface area contributed by atoms with E-state index in [4.69, 9.17) is 16.5 Å². The Kier molecular flexibility index (Phi) is 6.56. The maximum absolute atomic E-state index is 6.50. The number of aliphatic imine (C=N–C) groups is 1. The molecule has 4 N–H and O–H groups in total. The van der Waals surface area contributed by atoms with Crippen molar-refractivity contribution >= 4 is 11.5 Å². The first-order valence-electron chi connectivity index (χ1n) is 12.1. The van der Waals surface area contributed by atoms with Crippen molar-refractivity contribution in [2.75, 3.05) is 18.0 Å². The Balaban J connectivity index is 1.25. The van der Waals surface area contributed by atoms with Crippen LogP contribution < -0.4 is 16.4 Å². The first kappa shape index (κ1) is 22.1. The highest BCUT2D eigenvalue weighted by atomic mass is 15.2. The Labute approximate surface area is 201 Å². The molecule has 2 aromatic carbocycles. The second-order valence-electron chi connectivity index (χ2n) is 9.26. The number of nitrogens with zero attached hydrogens (tertiary/aromatic N) is 4. The molecule has 2 fully saturated rings. The Morgan fingerprint density at radius 1 is 0.853 bits per heavy atom. The zero-order valence-corrected chi connectivity index (χ0v) is 19.4. The van der Waals surface area contributed by atoms with Crippen LogP contribution in [0.25, 0.3) is 0 Å². The lowest BCUT2D eigenvalue weighted by molar-refractivity contribution is 0.455. The molecule has 5 rings (SSSR count). The minimum Gasteiger partial charge on any atom is -0.402 e. The second kappa shape index (κ2) is 10.1. The molecule has 1 aliphatic heterocycles. The van der Waals surface area contributed by atoms with Crippen molar-refractivity contribution in [3.8, 4) is 0 Å². The monoisotopic (exact) mass is 452 g/mol. The standard InChI is InChI=1S/C28H32N6/c29-25(20-13-15-34(16-14-20)24-18-31-28(32-19-24)23-11-12-23)17-26(30)33-27(21-7-3-1-4-8-21)22-9-5-2-6-10-22/h1-10,17-20,23,27H,11-16,29H2,(H2,30,33). The minimum atomic E-state index is -0.160. The summed E-state index contributed by atoms with van der Waals surface area (Å²) in [4.78, 5) is 16.3. The quantitative estimate of drug-likeness (QED) is 0.405. The molecule has 2 heterocycles. The van der Waals surface area contributed by atoms with Crippen LogP contribution in [0, 0.1) is 5.92 Å². The van der Waals surface area contributed by atoms with Gasteiger partial charge in [0, 0.05) is 30.6 Å². The van der Waals surface area contributed by atoms with E-state index in [-0.39, 0.29) is 6.04 Å². The number of rotatable bonds is 7. The summed E-state index contributed by atoms with van der Waals surface area (Å²) in [5, 5.41) is 0. The first-order valence-corrected chi connectivity index (χ1v) is 12.1. The molecule has 2 aliphatic rings. The van der Waals surface area contributed by atoms with E-state index >= 15 is 0 Å². The van der Waals surface area contributed by atoms with Crippen molar-refractivity contribution in [2.24, 2.45) is 22.4 Å². The maximum atomic E-state index is 6.50. The summed E-state index contributed by atoms with van der Waals surface area (Å²) in [6.45, 7) is 1.86. The van der Waals surface area contributed by atoms with Gasteiger partial charge < -0.3 is 16.4 Å². The summed E-state index contributed by atoms with van der Waals surface area (Å²) in [5.74, 6) is 2.33. The average molecular weight is 453 g/mol. The van der Waals surface area contributed by atoms with Gasteiger partial charge in [-0.25, -0.2) is 9.97 Å². The van der Waals surface area contributed by atoms with Crippen LogP contribution in [-0.2, 0) is 0 Å².